The Balaban J connectivity index is 2.40. The van der Waals surface area contributed by atoms with Crippen molar-refractivity contribution in [1.82, 2.24) is 0 Å². The lowest BCUT2D eigenvalue weighted by Gasteiger charge is -2.08. The maximum Gasteiger partial charge on any atom is 0.170 e. The summed E-state index contributed by atoms with van der Waals surface area (Å²) in [6, 6.07) is 3.78. The molecule has 0 aliphatic rings. The van der Waals surface area contributed by atoms with E-state index in [-0.39, 0.29) is 10.0 Å². The van der Waals surface area contributed by atoms with Gasteiger partial charge in [-0.15, -0.1) is 0 Å². The molecule has 110 valence electrons. The molecule has 0 unspecified atom stereocenters. The molecular weight excluding hydrogens is 352 g/mol. The van der Waals surface area contributed by atoms with Gasteiger partial charge in [0.05, 0.1) is 10.0 Å². The molecule has 0 spiro atoms. The molecule has 1 nitrogen and oxygen atoms in total. The molecule has 2 rings (SSSR count). The third-order valence-corrected chi connectivity index (χ3v) is 3.64. The Bertz CT molecular complexity index is 728. The summed E-state index contributed by atoms with van der Waals surface area (Å²) in [5.74, 6) is -4.49. The average Bonchev–Trinajstić information content (AvgIpc) is 2.43. The molecule has 0 aliphatic heterocycles. The van der Waals surface area contributed by atoms with Crippen molar-refractivity contribution in [2.24, 2.45) is 0 Å². The monoisotopic (exact) mass is 360 g/mol. The highest BCUT2D eigenvalue weighted by atomic mass is 79.9. The summed E-state index contributed by atoms with van der Waals surface area (Å²) in [7, 11) is 0. The van der Waals surface area contributed by atoms with Crippen molar-refractivity contribution in [2.75, 3.05) is 0 Å². The molecule has 0 saturated carbocycles. The smallest absolute Gasteiger partial charge is 0.170 e. The Morgan fingerprint density at radius 2 is 1.71 bits per heavy atom. The fourth-order valence-corrected chi connectivity index (χ4v) is 2.23. The van der Waals surface area contributed by atoms with Gasteiger partial charge in [-0.25, -0.2) is 17.6 Å². The van der Waals surface area contributed by atoms with Gasteiger partial charge in [0, 0.05) is 18.1 Å². The predicted octanol–water partition coefficient (Wildman–Crippen LogP) is 4.74. The summed E-state index contributed by atoms with van der Waals surface area (Å²) in [6.07, 6.45) is -0.654. The summed E-state index contributed by atoms with van der Waals surface area (Å²) in [5, 5.41) is 0. The zero-order valence-electron chi connectivity index (χ0n) is 10.8. The van der Waals surface area contributed by atoms with Crippen LogP contribution in [0.25, 0.3) is 0 Å². The van der Waals surface area contributed by atoms with Gasteiger partial charge in [-0.05, 0) is 46.6 Å². The number of hydrogen-bond donors (Lipinski definition) is 0. The molecule has 0 bridgehead atoms. The van der Waals surface area contributed by atoms with E-state index < -0.39 is 46.6 Å². The lowest BCUT2D eigenvalue weighted by Crippen LogP contribution is -2.10. The summed E-state index contributed by atoms with van der Waals surface area (Å²) in [4.78, 5) is 12.0. The predicted molar refractivity (Wildman–Crippen MR) is 73.2 cm³/mol. The number of rotatable bonds is 3. The maximum atomic E-state index is 13.8. The van der Waals surface area contributed by atoms with E-state index in [1.165, 1.54) is 13.0 Å². The van der Waals surface area contributed by atoms with Crippen LogP contribution in [0, 0.1) is 30.2 Å². The molecule has 0 fully saturated rings. The van der Waals surface area contributed by atoms with Crippen LogP contribution in [-0.2, 0) is 6.42 Å². The Morgan fingerprint density at radius 3 is 2.38 bits per heavy atom. The fourth-order valence-electron chi connectivity index (χ4n) is 1.86. The van der Waals surface area contributed by atoms with E-state index in [0.29, 0.717) is 6.07 Å². The van der Waals surface area contributed by atoms with Crippen LogP contribution in [0.3, 0.4) is 0 Å². The van der Waals surface area contributed by atoms with Crippen molar-refractivity contribution in [2.45, 2.75) is 13.3 Å². The number of benzene rings is 2. The zero-order chi connectivity index (χ0) is 15.7. The normalized spacial score (nSPS) is 10.8. The van der Waals surface area contributed by atoms with Crippen LogP contribution in [-0.4, -0.2) is 5.78 Å². The number of carbonyl (C=O) groups excluding carboxylic acids is 1. The second-order valence-electron chi connectivity index (χ2n) is 4.50. The first-order chi connectivity index (χ1) is 9.81. The summed E-state index contributed by atoms with van der Waals surface area (Å²) in [6.45, 7) is 1.37. The van der Waals surface area contributed by atoms with Crippen LogP contribution in [0.5, 0.6) is 0 Å². The second kappa shape index (κ2) is 5.97. The molecule has 0 N–H and O–H groups in total. The number of carbonyl (C=O) groups is 1. The molecule has 0 saturated heterocycles. The van der Waals surface area contributed by atoms with E-state index in [1.54, 1.807) is 0 Å². The van der Waals surface area contributed by atoms with Gasteiger partial charge in [0.1, 0.15) is 23.3 Å². The Kier molecular flexibility index (Phi) is 4.46. The lowest BCUT2D eigenvalue weighted by atomic mass is 10.00. The first-order valence-corrected chi connectivity index (χ1v) is 6.71. The molecule has 0 radical (unpaired) electrons. The minimum absolute atomic E-state index is 0.00228. The van der Waals surface area contributed by atoms with Gasteiger partial charge >= 0.3 is 0 Å². The first kappa shape index (κ1) is 15.7. The van der Waals surface area contributed by atoms with Gasteiger partial charge in [-0.3, -0.25) is 4.79 Å². The molecule has 2 aromatic rings. The Morgan fingerprint density at radius 1 is 1.05 bits per heavy atom. The standard InChI is InChI=1S/C15H9BrF4O/c1-7-4-8(13(19)6-12(7)18)14(21)5-9-11(17)3-2-10(16)15(9)20/h2-4,6H,5H2,1H3. The van der Waals surface area contributed by atoms with Crippen molar-refractivity contribution in [3.05, 3.63) is 68.7 Å². The number of Topliss-reactive ketones (excluding diaryl/α,β-unsaturated/α-hetero) is 1. The Labute approximate surface area is 126 Å². The van der Waals surface area contributed by atoms with E-state index in [1.807, 2.05) is 0 Å². The minimum Gasteiger partial charge on any atom is -0.294 e. The third kappa shape index (κ3) is 3.15. The lowest BCUT2D eigenvalue weighted by molar-refractivity contribution is 0.0986. The summed E-state index contributed by atoms with van der Waals surface area (Å²) >= 11 is 2.89. The number of ketones is 1. The second-order valence-corrected chi connectivity index (χ2v) is 5.36. The van der Waals surface area contributed by atoms with E-state index in [4.69, 9.17) is 0 Å². The van der Waals surface area contributed by atoms with Crippen LogP contribution in [0.1, 0.15) is 21.5 Å². The van der Waals surface area contributed by atoms with E-state index in [0.717, 1.165) is 12.1 Å². The third-order valence-electron chi connectivity index (χ3n) is 3.02. The molecular formula is C15H9BrF4O. The van der Waals surface area contributed by atoms with Crippen molar-refractivity contribution >= 4 is 21.7 Å². The van der Waals surface area contributed by atoms with Crippen LogP contribution in [0.15, 0.2) is 28.7 Å². The first-order valence-electron chi connectivity index (χ1n) is 5.92. The average molecular weight is 361 g/mol. The van der Waals surface area contributed by atoms with Crippen LogP contribution in [0.4, 0.5) is 17.6 Å². The fraction of sp³-hybridized carbons (Fsp3) is 0.133. The number of aryl methyl sites for hydroxylation is 1. The SMILES string of the molecule is Cc1cc(C(=O)Cc2c(F)ccc(Br)c2F)c(F)cc1F. The van der Waals surface area contributed by atoms with E-state index in [9.17, 15) is 22.4 Å². The van der Waals surface area contributed by atoms with Crippen molar-refractivity contribution in [1.29, 1.82) is 0 Å². The zero-order valence-corrected chi connectivity index (χ0v) is 12.4. The topological polar surface area (TPSA) is 17.1 Å². The van der Waals surface area contributed by atoms with Gasteiger partial charge in [-0.2, -0.15) is 0 Å². The molecule has 0 amide bonds. The highest BCUT2D eigenvalue weighted by molar-refractivity contribution is 9.10. The van der Waals surface area contributed by atoms with E-state index >= 15 is 0 Å². The van der Waals surface area contributed by atoms with Crippen LogP contribution >= 0.6 is 15.9 Å². The highest BCUT2D eigenvalue weighted by Crippen LogP contribution is 2.24. The van der Waals surface area contributed by atoms with Crippen LogP contribution in [0.2, 0.25) is 0 Å². The highest BCUT2D eigenvalue weighted by Gasteiger charge is 2.20. The largest absolute Gasteiger partial charge is 0.294 e. The van der Waals surface area contributed by atoms with Gasteiger partial charge in [0.2, 0.25) is 0 Å². The maximum absolute atomic E-state index is 13.8. The van der Waals surface area contributed by atoms with E-state index in [2.05, 4.69) is 15.9 Å². The summed E-state index contributed by atoms with van der Waals surface area (Å²) in [5.41, 5.74) is -0.779. The van der Waals surface area contributed by atoms with Gasteiger partial charge in [-0.1, -0.05) is 0 Å². The van der Waals surface area contributed by atoms with Gasteiger partial charge in [0.15, 0.2) is 5.78 Å². The van der Waals surface area contributed by atoms with Crippen LogP contribution < -0.4 is 0 Å². The molecule has 0 aromatic heterocycles. The summed E-state index contributed by atoms with van der Waals surface area (Å²) < 4.78 is 54.1. The van der Waals surface area contributed by atoms with Gasteiger partial charge in [0.25, 0.3) is 0 Å². The molecule has 21 heavy (non-hydrogen) atoms. The number of halogens is 5. The minimum atomic E-state index is -1.06. The van der Waals surface area contributed by atoms with Crippen molar-refractivity contribution in [3.8, 4) is 0 Å². The van der Waals surface area contributed by atoms with Crippen molar-refractivity contribution < 1.29 is 22.4 Å². The molecule has 0 aliphatic carbocycles. The molecule has 2 aromatic carbocycles. The Hall–Kier alpha value is -1.69. The van der Waals surface area contributed by atoms with Gasteiger partial charge < -0.3 is 0 Å². The quantitative estimate of drug-likeness (QED) is 0.439. The molecule has 0 heterocycles. The molecule has 6 heteroatoms. The van der Waals surface area contributed by atoms with Crippen molar-refractivity contribution in [3.63, 3.8) is 0 Å². The molecule has 0 atom stereocenters. The number of hydrogen-bond acceptors (Lipinski definition) is 1.